The number of piperazine rings is 1. The maximum absolute atomic E-state index is 12.6. The number of carbonyl (C=O) groups excluding carboxylic acids is 2. The Morgan fingerprint density at radius 2 is 2.03 bits per heavy atom. The minimum Gasteiger partial charge on any atom is -0.367 e. The summed E-state index contributed by atoms with van der Waals surface area (Å²) in [6.07, 6.45) is 5.78. The summed E-state index contributed by atoms with van der Waals surface area (Å²) in [5.41, 5.74) is 1.37. The van der Waals surface area contributed by atoms with Gasteiger partial charge < -0.3 is 20.1 Å². The highest BCUT2D eigenvalue weighted by Crippen LogP contribution is 2.48. The quantitative estimate of drug-likeness (QED) is 0.812. The second kappa shape index (κ2) is 6.76. The molecule has 3 heterocycles. The molecule has 2 saturated carbocycles. The van der Waals surface area contributed by atoms with Gasteiger partial charge in [0.05, 0.1) is 17.2 Å². The maximum Gasteiger partial charge on any atom is 0.228 e. The first kappa shape index (κ1) is 18.0. The minimum atomic E-state index is -0.398. The molecule has 0 unspecified atom stereocenters. The second-order valence-corrected chi connectivity index (χ2v) is 8.47. The molecule has 0 radical (unpaired) electrons. The van der Waals surface area contributed by atoms with E-state index in [0.717, 1.165) is 42.4 Å². The van der Waals surface area contributed by atoms with Crippen LogP contribution in [-0.2, 0) is 9.59 Å². The zero-order valence-electron chi connectivity index (χ0n) is 16.3. The second-order valence-electron chi connectivity index (χ2n) is 8.47. The molecule has 1 aliphatic heterocycles. The van der Waals surface area contributed by atoms with E-state index in [1.807, 2.05) is 23.2 Å². The number of fused-ring (bicyclic) bond motifs is 1. The van der Waals surface area contributed by atoms with Crippen LogP contribution in [0.3, 0.4) is 0 Å². The van der Waals surface area contributed by atoms with Crippen LogP contribution >= 0.6 is 0 Å². The molecule has 8 heteroatoms. The molecule has 2 aromatic heterocycles. The van der Waals surface area contributed by atoms with Gasteiger partial charge in [-0.1, -0.05) is 0 Å². The van der Waals surface area contributed by atoms with E-state index in [1.54, 1.807) is 0 Å². The Labute approximate surface area is 168 Å². The average molecular weight is 392 g/mol. The van der Waals surface area contributed by atoms with Crippen LogP contribution in [0.25, 0.3) is 11.0 Å². The molecule has 5 rings (SSSR count). The Kier molecular flexibility index (Phi) is 4.19. The van der Waals surface area contributed by atoms with Gasteiger partial charge in [-0.15, -0.1) is 0 Å². The van der Waals surface area contributed by atoms with Crippen molar-refractivity contribution < 1.29 is 9.59 Å². The third kappa shape index (κ3) is 3.53. The van der Waals surface area contributed by atoms with Crippen LogP contribution in [-0.4, -0.2) is 52.9 Å². The summed E-state index contributed by atoms with van der Waals surface area (Å²) in [5.74, 6) is 0.811. The molecule has 0 spiro atoms. The Bertz CT molecular complexity index is 1010. The van der Waals surface area contributed by atoms with Crippen LogP contribution in [0, 0.1) is 22.7 Å². The van der Waals surface area contributed by atoms with Crippen molar-refractivity contribution in [3.8, 4) is 6.07 Å². The van der Waals surface area contributed by atoms with Crippen molar-refractivity contribution in [2.75, 3.05) is 36.4 Å². The number of pyridine rings is 1. The predicted molar refractivity (Wildman–Crippen MR) is 108 cm³/mol. The Morgan fingerprint density at radius 1 is 1.28 bits per heavy atom. The molecule has 0 bridgehead atoms. The molecular formula is C21H24N6O2. The number of rotatable bonds is 5. The van der Waals surface area contributed by atoms with Crippen LogP contribution in [0.4, 0.5) is 11.5 Å². The van der Waals surface area contributed by atoms with Crippen molar-refractivity contribution in [3.63, 3.8) is 0 Å². The minimum absolute atomic E-state index is 0.0382. The summed E-state index contributed by atoms with van der Waals surface area (Å²) in [6, 6.07) is 6.23. The summed E-state index contributed by atoms with van der Waals surface area (Å²) in [5, 5.41) is 13.2. The average Bonchev–Trinajstić information content (AvgIpc) is 3.66. The number of nitriles is 1. The molecule has 8 nitrogen and oxygen atoms in total. The van der Waals surface area contributed by atoms with E-state index < -0.39 is 5.41 Å². The van der Waals surface area contributed by atoms with Gasteiger partial charge in [0.2, 0.25) is 11.8 Å². The standard InChI is InChI=1S/C21H24N6O2/c22-13-21(4-5-21)12-18(28)27-9-7-26(8-10-27)16-11-17(25-20(29)14-1-2-14)24-19-15(16)3-6-23-19/h3,6,11,14H,1-2,4-5,7-10,12H2,(H2,23,24,25,29). The number of nitrogens with one attached hydrogen (secondary N) is 2. The molecule has 0 atom stereocenters. The number of aromatic nitrogens is 2. The molecule has 3 aliphatic rings. The van der Waals surface area contributed by atoms with Gasteiger partial charge in [0.1, 0.15) is 11.5 Å². The molecule has 2 aromatic rings. The SMILES string of the molecule is N#CC1(CC(=O)N2CCN(c3cc(NC(=O)C4CC4)nc4[nH]ccc34)CC2)CC1. The fraction of sp³-hybridized carbons (Fsp3) is 0.524. The van der Waals surface area contributed by atoms with Gasteiger partial charge in [0, 0.05) is 56.2 Å². The lowest BCUT2D eigenvalue weighted by Gasteiger charge is -2.36. The number of H-pyrrole nitrogens is 1. The molecule has 1 saturated heterocycles. The summed E-state index contributed by atoms with van der Waals surface area (Å²) >= 11 is 0. The number of hydrogen-bond donors (Lipinski definition) is 2. The van der Waals surface area contributed by atoms with E-state index in [1.165, 1.54) is 0 Å². The molecule has 2 amide bonds. The van der Waals surface area contributed by atoms with Gasteiger partial charge in [-0.05, 0) is 31.7 Å². The number of anilines is 2. The van der Waals surface area contributed by atoms with Crippen molar-refractivity contribution in [1.29, 1.82) is 5.26 Å². The summed E-state index contributed by atoms with van der Waals surface area (Å²) in [6.45, 7) is 2.70. The molecule has 2 aliphatic carbocycles. The van der Waals surface area contributed by atoms with Crippen LogP contribution in [0.1, 0.15) is 32.1 Å². The number of nitrogens with zero attached hydrogens (tertiary/aromatic N) is 4. The van der Waals surface area contributed by atoms with Crippen LogP contribution in [0.5, 0.6) is 0 Å². The van der Waals surface area contributed by atoms with Gasteiger partial charge in [0.25, 0.3) is 0 Å². The van der Waals surface area contributed by atoms with Gasteiger partial charge >= 0.3 is 0 Å². The highest BCUT2D eigenvalue weighted by Gasteiger charge is 2.45. The van der Waals surface area contributed by atoms with Crippen molar-refractivity contribution in [1.82, 2.24) is 14.9 Å². The van der Waals surface area contributed by atoms with Gasteiger partial charge in [-0.3, -0.25) is 9.59 Å². The monoisotopic (exact) mass is 392 g/mol. The normalized spacial score (nSPS) is 20.4. The Hall–Kier alpha value is -3.08. The van der Waals surface area contributed by atoms with E-state index >= 15 is 0 Å². The summed E-state index contributed by atoms with van der Waals surface area (Å²) in [4.78, 5) is 36.5. The first-order chi connectivity index (χ1) is 14.1. The van der Waals surface area contributed by atoms with Gasteiger partial charge in [0.15, 0.2) is 0 Å². The topological polar surface area (TPSA) is 105 Å². The van der Waals surface area contributed by atoms with Crippen molar-refractivity contribution in [2.45, 2.75) is 32.1 Å². The van der Waals surface area contributed by atoms with Crippen molar-refractivity contribution >= 4 is 34.4 Å². The molecule has 2 N–H and O–H groups in total. The highest BCUT2D eigenvalue weighted by molar-refractivity contribution is 5.97. The lowest BCUT2D eigenvalue weighted by molar-refractivity contribution is -0.132. The zero-order valence-corrected chi connectivity index (χ0v) is 16.3. The van der Waals surface area contributed by atoms with Gasteiger partial charge in [-0.25, -0.2) is 4.98 Å². The number of carbonyl (C=O) groups is 2. The third-order valence-corrected chi connectivity index (χ3v) is 6.26. The third-order valence-electron chi connectivity index (χ3n) is 6.26. The Balaban J connectivity index is 1.29. The molecule has 150 valence electrons. The zero-order chi connectivity index (χ0) is 20.0. The first-order valence-electron chi connectivity index (χ1n) is 10.3. The van der Waals surface area contributed by atoms with Gasteiger partial charge in [-0.2, -0.15) is 5.26 Å². The van der Waals surface area contributed by atoms with E-state index in [0.29, 0.717) is 38.4 Å². The Morgan fingerprint density at radius 3 is 2.69 bits per heavy atom. The van der Waals surface area contributed by atoms with Crippen LogP contribution < -0.4 is 10.2 Å². The largest absolute Gasteiger partial charge is 0.367 e. The van der Waals surface area contributed by atoms with E-state index in [9.17, 15) is 14.9 Å². The van der Waals surface area contributed by atoms with E-state index in [2.05, 4.69) is 26.3 Å². The predicted octanol–water partition coefficient (Wildman–Crippen LogP) is 2.25. The van der Waals surface area contributed by atoms with Crippen molar-refractivity contribution in [3.05, 3.63) is 18.3 Å². The smallest absolute Gasteiger partial charge is 0.228 e. The number of aromatic amines is 1. The van der Waals surface area contributed by atoms with Crippen LogP contribution in [0.15, 0.2) is 18.3 Å². The lowest BCUT2D eigenvalue weighted by atomic mass is 10.0. The molecule has 3 fully saturated rings. The summed E-state index contributed by atoms with van der Waals surface area (Å²) in [7, 11) is 0. The maximum atomic E-state index is 12.6. The van der Waals surface area contributed by atoms with E-state index in [4.69, 9.17) is 0 Å². The number of hydrogen-bond acceptors (Lipinski definition) is 5. The lowest BCUT2D eigenvalue weighted by Crippen LogP contribution is -2.49. The van der Waals surface area contributed by atoms with Crippen molar-refractivity contribution in [2.24, 2.45) is 11.3 Å². The summed E-state index contributed by atoms with van der Waals surface area (Å²) < 4.78 is 0. The number of amides is 2. The molecule has 0 aromatic carbocycles. The fourth-order valence-electron chi connectivity index (χ4n) is 4.00. The first-order valence-corrected chi connectivity index (χ1v) is 10.3. The van der Waals surface area contributed by atoms with Crippen LogP contribution in [0.2, 0.25) is 0 Å². The fourth-order valence-corrected chi connectivity index (χ4v) is 4.00. The van der Waals surface area contributed by atoms with E-state index in [-0.39, 0.29) is 17.7 Å². The molecule has 29 heavy (non-hydrogen) atoms. The molecular weight excluding hydrogens is 368 g/mol. The highest BCUT2D eigenvalue weighted by atomic mass is 16.2.